The van der Waals surface area contributed by atoms with Crippen LogP contribution in [0.3, 0.4) is 0 Å². The number of para-hydroxylation sites is 3. The summed E-state index contributed by atoms with van der Waals surface area (Å²) < 4.78 is 47.1. The molecule has 1 heterocycles. The molecule has 1 N–H and O–H groups in total. The van der Waals surface area contributed by atoms with Gasteiger partial charge in [-0.3, -0.25) is 4.79 Å². The van der Waals surface area contributed by atoms with Crippen LogP contribution in [0.2, 0.25) is 0 Å². The Labute approximate surface area is 200 Å². The number of imidazole rings is 1. The SMILES string of the molecule is O=C(O)CCCCCOc1ccccc1Cn1c(-c2ccc(C(F)(F)F)cc2)nc2ccccc21. The van der Waals surface area contributed by atoms with Gasteiger partial charge in [0.1, 0.15) is 11.6 Å². The minimum absolute atomic E-state index is 0.150. The molecule has 4 aromatic rings. The number of nitrogens with zero attached hydrogens (tertiary/aromatic N) is 2. The summed E-state index contributed by atoms with van der Waals surface area (Å²) in [7, 11) is 0. The van der Waals surface area contributed by atoms with Crippen LogP contribution < -0.4 is 4.74 Å². The fourth-order valence-electron chi connectivity index (χ4n) is 3.95. The zero-order chi connectivity index (χ0) is 24.8. The molecule has 3 aromatic carbocycles. The van der Waals surface area contributed by atoms with Crippen molar-refractivity contribution in [2.75, 3.05) is 6.61 Å². The quantitative estimate of drug-likeness (QED) is 0.253. The van der Waals surface area contributed by atoms with E-state index in [1.807, 2.05) is 53.1 Å². The van der Waals surface area contributed by atoms with Crippen LogP contribution in [-0.4, -0.2) is 27.2 Å². The lowest BCUT2D eigenvalue weighted by molar-refractivity contribution is -0.138. The molecule has 4 rings (SSSR count). The first-order valence-electron chi connectivity index (χ1n) is 11.4. The van der Waals surface area contributed by atoms with Crippen molar-refractivity contribution in [2.45, 2.75) is 38.4 Å². The summed E-state index contributed by atoms with van der Waals surface area (Å²) in [5.74, 6) is 0.484. The molecule has 0 spiro atoms. The number of ether oxygens (including phenoxy) is 1. The first-order chi connectivity index (χ1) is 16.8. The van der Waals surface area contributed by atoms with Crippen molar-refractivity contribution in [3.05, 3.63) is 83.9 Å². The lowest BCUT2D eigenvalue weighted by Gasteiger charge is -2.15. The molecule has 8 heteroatoms. The topological polar surface area (TPSA) is 64.3 Å². The van der Waals surface area contributed by atoms with Crippen molar-refractivity contribution in [1.29, 1.82) is 0 Å². The Morgan fingerprint density at radius 2 is 1.63 bits per heavy atom. The van der Waals surface area contributed by atoms with Gasteiger partial charge in [-0.25, -0.2) is 4.98 Å². The number of alkyl halides is 3. The second-order valence-corrected chi connectivity index (χ2v) is 8.25. The molecule has 5 nitrogen and oxygen atoms in total. The Hall–Kier alpha value is -3.81. The van der Waals surface area contributed by atoms with Gasteiger partial charge >= 0.3 is 12.1 Å². The number of rotatable bonds is 10. The number of carboxylic acid groups (broad SMARTS) is 1. The summed E-state index contributed by atoms with van der Waals surface area (Å²) >= 11 is 0. The highest BCUT2D eigenvalue weighted by atomic mass is 19.4. The van der Waals surface area contributed by atoms with Gasteiger partial charge in [-0.2, -0.15) is 13.2 Å². The van der Waals surface area contributed by atoms with Crippen molar-refractivity contribution in [2.24, 2.45) is 0 Å². The average Bonchev–Trinajstić information content (AvgIpc) is 3.20. The van der Waals surface area contributed by atoms with Crippen LogP contribution in [0.15, 0.2) is 72.8 Å². The largest absolute Gasteiger partial charge is 0.493 e. The number of benzene rings is 3. The maximum absolute atomic E-state index is 13.0. The van der Waals surface area contributed by atoms with Gasteiger partial charge in [0.25, 0.3) is 0 Å². The van der Waals surface area contributed by atoms with Gasteiger partial charge in [0, 0.05) is 17.5 Å². The van der Waals surface area contributed by atoms with E-state index >= 15 is 0 Å². The van der Waals surface area contributed by atoms with E-state index in [4.69, 9.17) is 14.8 Å². The predicted molar refractivity (Wildman–Crippen MR) is 127 cm³/mol. The van der Waals surface area contributed by atoms with E-state index in [0.717, 1.165) is 41.6 Å². The molecule has 0 radical (unpaired) electrons. The van der Waals surface area contributed by atoms with E-state index in [-0.39, 0.29) is 6.42 Å². The number of carbonyl (C=O) groups is 1. The highest BCUT2D eigenvalue weighted by molar-refractivity contribution is 5.81. The van der Waals surface area contributed by atoms with Crippen LogP contribution in [0.1, 0.15) is 36.8 Å². The number of carboxylic acids is 1. The number of aliphatic carboxylic acids is 1. The summed E-state index contributed by atoms with van der Waals surface area (Å²) in [4.78, 5) is 15.3. The summed E-state index contributed by atoms with van der Waals surface area (Å²) in [6.07, 6.45) is -2.14. The Morgan fingerprint density at radius 1 is 0.914 bits per heavy atom. The Morgan fingerprint density at radius 3 is 2.37 bits per heavy atom. The fourth-order valence-corrected chi connectivity index (χ4v) is 3.95. The number of halogens is 3. The molecule has 0 saturated heterocycles. The third kappa shape index (κ3) is 6.01. The van der Waals surface area contributed by atoms with Crippen molar-refractivity contribution in [1.82, 2.24) is 9.55 Å². The van der Waals surface area contributed by atoms with Gasteiger partial charge < -0.3 is 14.4 Å². The molecule has 0 saturated carbocycles. The van der Waals surface area contributed by atoms with Gasteiger partial charge in [0.15, 0.2) is 0 Å². The van der Waals surface area contributed by atoms with E-state index in [2.05, 4.69) is 0 Å². The van der Waals surface area contributed by atoms with Crippen LogP contribution in [0, 0.1) is 0 Å². The van der Waals surface area contributed by atoms with Gasteiger partial charge in [-0.1, -0.05) is 42.5 Å². The second-order valence-electron chi connectivity index (χ2n) is 8.25. The molecule has 0 atom stereocenters. The van der Waals surface area contributed by atoms with Crippen LogP contribution in [0.5, 0.6) is 5.75 Å². The van der Waals surface area contributed by atoms with Crippen LogP contribution >= 0.6 is 0 Å². The third-order valence-electron chi connectivity index (χ3n) is 5.72. The molecule has 0 fully saturated rings. The van der Waals surface area contributed by atoms with Crippen molar-refractivity contribution in [3.8, 4) is 17.1 Å². The smallest absolute Gasteiger partial charge is 0.416 e. The maximum atomic E-state index is 13.0. The molecule has 0 aliphatic rings. The normalized spacial score (nSPS) is 11.6. The summed E-state index contributed by atoms with van der Waals surface area (Å²) in [6.45, 7) is 0.888. The molecule has 0 bridgehead atoms. The third-order valence-corrected chi connectivity index (χ3v) is 5.72. The molecule has 0 aliphatic carbocycles. The van der Waals surface area contributed by atoms with E-state index in [1.54, 1.807) is 0 Å². The fraction of sp³-hybridized carbons (Fsp3) is 0.259. The van der Waals surface area contributed by atoms with Crippen molar-refractivity contribution in [3.63, 3.8) is 0 Å². The molecule has 1 aromatic heterocycles. The summed E-state index contributed by atoms with van der Waals surface area (Å²) in [6, 6.07) is 20.2. The second kappa shape index (κ2) is 10.6. The highest BCUT2D eigenvalue weighted by Crippen LogP contribution is 2.32. The van der Waals surface area contributed by atoms with Gasteiger partial charge in [-0.05, 0) is 49.6 Å². The van der Waals surface area contributed by atoms with E-state index < -0.39 is 17.7 Å². The first-order valence-corrected chi connectivity index (χ1v) is 11.4. The molecule has 35 heavy (non-hydrogen) atoms. The first kappa shape index (κ1) is 24.3. The summed E-state index contributed by atoms with van der Waals surface area (Å²) in [5, 5.41) is 8.75. The lowest BCUT2D eigenvalue weighted by Crippen LogP contribution is -2.07. The minimum Gasteiger partial charge on any atom is -0.493 e. The number of hydrogen-bond acceptors (Lipinski definition) is 3. The molecule has 182 valence electrons. The minimum atomic E-state index is -4.40. The number of hydrogen-bond donors (Lipinski definition) is 1. The molecular weight excluding hydrogens is 457 g/mol. The van der Waals surface area contributed by atoms with Crippen LogP contribution in [0.4, 0.5) is 13.2 Å². The van der Waals surface area contributed by atoms with Crippen molar-refractivity contribution >= 4 is 17.0 Å². The predicted octanol–water partition coefficient (Wildman–Crippen LogP) is 6.79. The van der Waals surface area contributed by atoms with Crippen LogP contribution in [-0.2, 0) is 17.5 Å². The molecule has 0 amide bonds. The Bertz CT molecular complexity index is 1300. The standard InChI is InChI=1S/C27H25F3N2O3/c28-27(29,30)21-15-13-19(14-16-21)26-31-22-9-4-5-10-23(22)32(26)18-20-8-3-6-11-24(20)35-17-7-1-2-12-25(33)34/h3-6,8-11,13-16H,1-2,7,12,17-18H2,(H,33,34). The lowest BCUT2D eigenvalue weighted by atomic mass is 10.1. The van der Waals surface area contributed by atoms with Crippen LogP contribution in [0.25, 0.3) is 22.4 Å². The zero-order valence-electron chi connectivity index (χ0n) is 19.0. The van der Waals surface area contributed by atoms with Gasteiger partial charge in [-0.15, -0.1) is 0 Å². The summed E-state index contributed by atoms with van der Waals surface area (Å²) in [5.41, 5.74) is 2.41. The van der Waals surface area contributed by atoms with E-state index in [1.165, 1.54) is 12.1 Å². The average molecular weight is 483 g/mol. The number of fused-ring (bicyclic) bond motifs is 1. The van der Waals surface area contributed by atoms with Gasteiger partial charge in [0.05, 0.1) is 29.7 Å². The number of aromatic nitrogens is 2. The van der Waals surface area contributed by atoms with Gasteiger partial charge in [0.2, 0.25) is 0 Å². The Kier molecular flexibility index (Phi) is 7.39. The molecular formula is C27H25F3N2O3. The highest BCUT2D eigenvalue weighted by Gasteiger charge is 2.30. The van der Waals surface area contributed by atoms with E-state index in [0.29, 0.717) is 36.7 Å². The Balaban J connectivity index is 1.59. The number of unbranched alkanes of at least 4 members (excludes halogenated alkanes) is 2. The zero-order valence-corrected chi connectivity index (χ0v) is 19.0. The molecule has 0 unspecified atom stereocenters. The van der Waals surface area contributed by atoms with Crippen molar-refractivity contribution < 1.29 is 27.8 Å². The maximum Gasteiger partial charge on any atom is 0.416 e. The monoisotopic (exact) mass is 482 g/mol. The van der Waals surface area contributed by atoms with E-state index in [9.17, 15) is 18.0 Å². The molecule has 0 aliphatic heterocycles.